The fourth-order valence-corrected chi connectivity index (χ4v) is 1.94. The van der Waals surface area contributed by atoms with Gasteiger partial charge in [0.15, 0.2) is 0 Å². The molecule has 2 N–H and O–H groups in total. The van der Waals surface area contributed by atoms with Gasteiger partial charge in [0.25, 0.3) is 0 Å². The number of amides is 1. The third-order valence-corrected chi connectivity index (χ3v) is 2.93. The van der Waals surface area contributed by atoms with Gasteiger partial charge in [0, 0.05) is 32.7 Å². The van der Waals surface area contributed by atoms with Crippen LogP contribution in [0.1, 0.15) is 13.8 Å². The maximum absolute atomic E-state index is 10.7. The highest BCUT2D eigenvalue weighted by Crippen LogP contribution is 2.19. The first kappa shape index (κ1) is 13.2. The topological polar surface area (TPSA) is 49.6 Å². The number of primary amides is 1. The van der Waals surface area contributed by atoms with E-state index in [1.165, 1.54) is 6.08 Å². The Morgan fingerprint density at radius 2 is 1.88 bits per heavy atom. The number of carbonyl (C=O) groups excluding carboxylic acids is 1. The van der Waals surface area contributed by atoms with Crippen LogP contribution in [0, 0.1) is 5.41 Å². The van der Waals surface area contributed by atoms with E-state index in [-0.39, 0.29) is 11.3 Å². The Kier molecular flexibility index (Phi) is 4.50. The molecule has 4 nitrogen and oxygen atoms in total. The first-order valence-corrected chi connectivity index (χ1v) is 5.79. The van der Waals surface area contributed by atoms with Crippen LogP contribution in [-0.2, 0) is 4.79 Å². The van der Waals surface area contributed by atoms with Crippen molar-refractivity contribution in [2.45, 2.75) is 13.8 Å². The summed E-state index contributed by atoms with van der Waals surface area (Å²) in [5, 5.41) is 0. The molecule has 0 atom stereocenters. The molecular weight excluding hydrogens is 202 g/mol. The van der Waals surface area contributed by atoms with E-state index in [0.29, 0.717) is 0 Å². The SMILES string of the molecule is CN1CCN(CC(C)(C)/C=C/C(N)=O)CC1. The van der Waals surface area contributed by atoms with Crippen molar-refractivity contribution >= 4 is 5.91 Å². The van der Waals surface area contributed by atoms with Crippen molar-refractivity contribution in [1.29, 1.82) is 0 Å². The van der Waals surface area contributed by atoms with Gasteiger partial charge in [-0.25, -0.2) is 0 Å². The van der Waals surface area contributed by atoms with Gasteiger partial charge in [0.05, 0.1) is 0 Å². The first-order valence-electron chi connectivity index (χ1n) is 5.79. The molecule has 1 amide bonds. The van der Waals surface area contributed by atoms with Crippen molar-refractivity contribution in [3.05, 3.63) is 12.2 Å². The Hall–Kier alpha value is -0.870. The Bertz CT molecular complexity index is 265. The van der Waals surface area contributed by atoms with Gasteiger partial charge in [0.2, 0.25) is 5.91 Å². The molecule has 0 unspecified atom stereocenters. The molecule has 0 saturated carbocycles. The van der Waals surface area contributed by atoms with E-state index >= 15 is 0 Å². The van der Waals surface area contributed by atoms with Gasteiger partial charge in [-0.3, -0.25) is 9.69 Å². The first-order chi connectivity index (χ1) is 7.39. The highest BCUT2D eigenvalue weighted by molar-refractivity contribution is 5.85. The summed E-state index contributed by atoms with van der Waals surface area (Å²) in [6, 6.07) is 0. The minimum atomic E-state index is -0.369. The smallest absolute Gasteiger partial charge is 0.241 e. The molecule has 0 radical (unpaired) electrons. The summed E-state index contributed by atoms with van der Waals surface area (Å²) >= 11 is 0. The maximum Gasteiger partial charge on any atom is 0.241 e. The number of carbonyl (C=O) groups is 1. The standard InChI is InChI=1S/C12H23N3O/c1-12(2,5-4-11(13)16)10-15-8-6-14(3)7-9-15/h4-5H,6-10H2,1-3H3,(H2,13,16)/b5-4+. The van der Waals surface area contributed by atoms with Gasteiger partial charge in [-0.2, -0.15) is 0 Å². The Labute approximate surface area is 98.1 Å². The number of nitrogens with zero attached hydrogens (tertiary/aromatic N) is 2. The molecule has 0 bridgehead atoms. The lowest BCUT2D eigenvalue weighted by Gasteiger charge is -2.36. The summed E-state index contributed by atoms with van der Waals surface area (Å²) in [4.78, 5) is 15.5. The van der Waals surface area contributed by atoms with E-state index in [9.17, 15) is 4.79 Å². The predicted octanol–water partition coefficient (Wildman–Crippen LogP) is 0.302. The van der Waals surface area contributed by atoms with Crippen molar-refractivity contribution in [2.75, 3.05) is 39.8 Å². The average molecular weight is 225 g/mol. The molecule has 0 aromatic heterocycles. The lowest BCUT2D eigenvalue weighted by Crippen LogP contribution is -2.47. The van der Waals surface area contributed by atoms with Crippen LogP contribution in [0.5, 0.6) is 0 Å². The summed E-state index contributed by atoms with van der Waals surface area (Å²) in [7, 11) is 2.15. The fraction of sp³-hybridized carbons (Fsp3) is 0.750. The largest absolute Gasteiger partial charge is 0.366 e. The second-order valence-electron chi connectivity index (χ2n) is 5.30. The van der Waals surface area contributed by atoms with Crippen molar-refractivity contribution in [1.82, 2.24) is 9.80 Å². The van der Waals surface area contributed by atoms with Gasteiger partial charge in [-0.05, 0) is 18.5 Å². The summed E-state index contributed by atoms with van der Waals surface area (Å²) < 4.78 is 0. The zero-order chi connectivity index (χ0) is 12.2. The molecule has 0 aromatic carbocycles. The van der Waals surface area contributed by atoms with Crippen molar-refractivity contribution in [3.8, 4) is 0 Å². The third kappa shape index (κ3) is 4.77. The molecule has 16 heavy (non-hydrogen) atoms. The Morgan fingerprint density at radius 1 is 1.31 bits per heavy atom. The number of hydrogen-bond acceptors (Lipinski definition) is 3. The molecule has 0 aromatic rings. The maximum atomic E-state index is 10.7. The van der Waals surface area contributed by atoms with Crippen LogP contribution in [0.4, 0.5) is 0 Å². The number of likely N-dealkylation sites (N-methyl/N-ethyl adjacent to an activating group) is 1. The molecule has 0 spiro atoms. The Morgan fingerprint density at radius 3 is 2.38 bits per heavy atom. The van der Waals surface area contributed by atoms with Crippen molar-refractivity contribution in [2.24, 2.45) is 11.1 Å². The zero-order valence-electron chi connectivity index (χ0n) is 10.6. The highest BCUT2D eigenvalue weighted by Gasteiger charge is 2.21. The monoisotopic (exact) mass is 225 g/mol. The van der Waals surface area contributed by atoms with Gasteiger partial charge >= 0.3 is 0 Å². The minimum Gasteiger partial charge on any atom is -0.366 e. The van der Waals surface area contributed by atoms with E-state index in [0.717, 1.165) is 32.7 Å². The van der Waals surface area contributed by atoms with Crippen LogP contribution in [0.2, 0.25) is 0 Å². The van der Waals surface area contributed by atoms with E-state index < -0.39 is 0 Å². The number of rotatable bonds is 4. The van der Waals surface area contributed by atoms with Crippen LogP contribution in [-0.4, -0.2) is 55.5 Å². The normalized spacial score (nSPS) is 20.4. The molecule has 1 aliphatic rings. The van der Waals surface area contributed by atoms with E-state index in [1.807, 2.05) is 6.08 Å². The van der Waals surface area contributed by atoms with Crippen molar-refractivity contribution in [3.63, 3.8) is 0 Å². The number of hydrogen-bond donors (Lipinski definition) is 1. The molecule has 4 heteroatoms. The summed E-state index contributed by atoms with van der Waals surface area (Å²) in [5.74, 6) is -0.369. The van der Waals surface area contributed by atoms with Gasteiger partial charge < -0.3 is 10.6 Å². The number of piperazine rings is 1. The third-order valence-electron chi connectivity index (χ3n) is 2.93. The van der Waals surface area contributed by atoms with E-state index in [4.69, 9.17) is 5.73 Å². The lowest BCUT2D eigenvalue weighted by atomic mass is 9.92. The molecule has 1 saturated heterocycles. The summed E-state index contributed by atoms with van der Waals surface area (Å²) in [6.45, 7) is 9.68. The Balaban J connectivity index is 2.43. The molecule has 1 fully saturated rings. The molecule has 92 valence electrons. The minimum absolute atomic E-state index is 0.00490. The van der Waals surface area contributed by atoms with Gasteiger partial charge in [-0.1, -0.05) is 19.9 Å². The highest BCUT2D eigenvalue weighted by atomic mass is 16.1. The van der Waals surface area contributed by atoms with Gasteiger partial charge in [0.1, 0.15) is 0 Å². The second kappa shape index (κ2) is 5.46. The van der Waals surface area contributed by atoms with Crippen LogP contribution >= 0.6 is 0 Å². The second-order valence-corrected chi connectivity index (χ2v) is 5.30. The summed E-state index contributed by atoms with van der Waals surface area (Å²) in [5.41, 5.74) is 5.11. The fourth-order valence-electron chi connectivity index (χ4n) is 1.94. The van der Waals surface area contributed by atoms with E-state index in [2.05, 4.69) is 30.7 Å². The quantitative estimate of drug-likeness (QED) is 0.700. The van der Waals surface area contributed by atoms with Gasteiger partial charge in [-0.15, -0.1) is 0 Å². The van der Waals surface area contributed by atoms with Crippen LogP contribution < -0.4 is 5.73 Å². The average Bonchev–Trinajstić information content (AvgIpc) is 2.19. The molecule has 1 rings (SSSR count). The van der Waals surface area contributed by atoms with Crippen LogP contribution in [0.15, 0.2) is 12.2 Å². The molecular formula is C12H23N3O. The van der Waals surface area contributed by atoms with Crippen LogP contribution in [0.25, 0.3) is 0 Å². The van der Waals surface area contributed by atoms with Crippen molar-refractivity contribution < 1.29 is 4.79 Å². The van der Waals surface area contributed by atoms with E-state index in [1.54, 1.807) is 0 Å². The zero-order valence-corrected chi connectivity index (χ0v) is 10.6. The summed E-state index contributed by atoms with van der Waals surface area (Å²) in [6.07, 6.45) is 3.38. The molecule has 0 aliphatic carbocycles. The lowest BCUT2D eigenvalue weighted by molar-refractivity contribution is -0.113. The molecule has 1 aliphatic heterocycles. The molecule has 1 heterocycles. The predicted molar refractivity (Wildman–Crippen MR) is 66.1 cm³/mol. The number of nitrogens with two attached hydrogens (primary N) is 1. The van der Waals surface area contributed by atoms with Crippen LogP contribution in [0.3, 0.4) is 0 Å².